The number of nitrogens with one attached hydrogen (secondary N) is 1. The van der Waals surface area contributed by atoms with E-state index in [2.05, 4.69) is 26.5 Å². The van der Waals surface area contributed by atoms with Gasteiger partial charge in [0, 0.05) is 20.6 Å². The summed E-state index contributed by atoms with van der Waals surface area (Å²) in [5.41, 5.74) is 3.74. The fraction of sp³-hybridized carbons (Fsp3) is 0.0667. The lowest BCUT2D eigenvalue weighted by molar-refractivity contribution is 0.0955. The second kappa shape index (κ2) is 7.24. The zero-order valence-corrected chi connectivity index (χ0v) is 13.5. The zero-order chi connectivity index (χ0) is 15.2. The molecule has 0 spiro atoms. The Kier molecular flexibility index (Phi) is 5.36. The van der Waals surface area contributed by atoms with Gasteiger partial charge < -0.3 is 4.74 Å². The predicted octanol–water partition coefficient (Wildman–Crippen LogP) is 3.88. The molecule has 1 amide bonds. The van der Waals surface area contributed by atoms with Gasteiger partial charge >= 0.3 is 0 Å². The van der Waals surface area contributed by atoms with Gasteiger partial charge in [0.25, 0.3) is 5.91 Å². The SMILES string of the molecule is COc1ccc(Br)c(C=NNC(=O)c2ccc(Cl)cc2)c1. The van der Waals surface area contributed by atoms with Gasteiger partial charge in [-0.25, -0.2) is 5.43 Å². The van der Waals surface area contributed by atoms with Gasteiger partial charge in [-0.05, 0) is 42.5 Å². The minimum atomic E-state index is -0.304. The van der Waals surface area contributed by atoms with E-state index in [1.807, 2.05) is 18.2 Å². The highest BCUT2D eigenvalue weighted by Gasteiger charge is 2.04. The standard InChI is InChI=1S/C15H12BrClN2O2/c1-21-13-6-7-14(16)11(8-13)9-18-19-15(20)10-2-4-12(17)5-3-10/h2-9H,1H3,(H,19,20). The molecule has 0 heterocycles. The number of rotatable bonds is 4. The van der Waals surface area contributed by atoms with Crippen LogP contribution in [0.3, 0.4) is 0 Å². The number of ether oxygens (including phenoxy) is 1. The maximum atomic E-state index is 11.8. The van der Waals surface area contributed by atoms with Gasteiger partial charge in [-0.3, -0.25) is 4.79 Å². The van der Waals surface area contributed by atoms with Crippen molar-refractivity contribution in [2.45, 2.75) is 0 Å². The molecule has 21 heavy (non-hydrogen) atoms. The van der Waals surface area contributed by atoms with Crippen molar-refractivity contribution in [3.8, 4) is 5.75 Å². The Hall–Kier alpha value is -1.85. The molecule has 0 aliphatic rings. The Bertz CT molecular complexity index is 672. The summed E-state index contributed by atoms with van der Waals surface area (Å²) in [4.78, 5) is 11.8. The number of halogens is 2. The Labute approximate surface area is 135 Å². The first-order chi connectivity index (χ1) is 10.1. The minimum Gasteiger partial charge on any atom is -0.497 e. The van der Waals surface area contributed by atoms with E-state index in [1.165, 1.54) is 0 Å². The molecular weight excluding hydrogens is 356 g/mol. The molecule has 0 unspecified atom stereocenters. The summed E-state index contributed by atoms with van der Waals surface area (Å²) in [6, 6.07) is 12.1. The topological polar surface area (TPSA) is 50.7 Å². The van der Waals surface area contributed by atoms with Gasteiger partial charge in [0.05, 0.1) is 13.3 Å². The van der Waals surface area contributed by atoms with Crippen LogP contribution in [0.25, 0.3) is 0 Å². The Morgan fingerprint density at radius 3 is 2.67 bits per heavy atom. The van der Waals surface area contributed by atoms with E-state index in [4.69, 9.17) is 16.3 Å². The molecule has 2 aromatic carbocycles. The highest BCUT2D eigenvalue weighted by molar-refractivity contribution is 9.10. The predicted molar refractivity (Wildman–Crippen MR) is 87.2 cm³/mol. The molecule has 0 aromatic heterocycles. The number of benzene rings is 2. The van der Waals surface area contributed by atoms with Crippen molar-refractivity contribution >= 4 is 39.7 Å². The average molecular weight is 368 g/mol. The third-order valence-electron chi connectivity index (χ3n) is 2.68. The lowest BCUT2D eigenvalue weighted by atomic mass is 10.2. The van der Waals surface area contributed by atoms with Crippen molar-refractivity contribution in [2.24, 2.45) is 5.10 Å². The first-order valence-corrected chi connectivity index (χ1v) is 7.20. The molecule has 2 aromatic rings. The van der Waals surface area contributed by atoms with Crippen LogP contribution in [0.5, 0.6) is 5.75 Å². The van der Waals surface area contributed by atoms with Crippen molar-refractivity contribution in [1.29, 1.82) is 0 Å². The summed E-state index contributed by atoms with van der Waals surface area (Å²) in [5, 5.41) is 4.51. The number of amides is 1. The number of carbonyl (C=O) groups excluding carboxylic acids is 1. The van der Waals surface area contributed by atoms with Crippen molar-refractivity contribution in [1.82, 2.24) is 5.43 Å². The number of methoxy groups -OCH3 is 1. The van der Waals surface area contributed by atoms with Crippen molar-refractivity contribution in [3.63, 3.8) is 0 Å². The fourth-order valence-electron chi connectivity index (χ4n) is 1.57. The average Bonchev–Trinajstić information content (AvgIpc) is 2.49. The molecule has 6 heteroatoms. The number of hydrogen-bond donors (Lipinski definition) is 1. The molecule has 0 bridgehead atoms. The Morgan fingerprint density at radius 1 is 1.29 bits per heavy atom. The fourth-order valence-corrected chi connectivity index (χ4v) is 2.05. The Balaban J connectivity index is 2.05. The summed E-state index contributed by atoms with van der Waals surface area (Å²) in [7, 11) is 1.59. The number of carbonyl (C=O) groups is 1. The van der Waals surface area contributed by atoms with Gasteiger partial charge in [0.2, 0.25) is 0 Å². The van der Waals surface area contributed by atoms with Crippen LogP contribution in [0, 0.1) is 0 Å². The van der Waals surface area contributed by atoms with Crippen LogP contribution in [0.2, 0.25) is 5.02 Å². The van der Waals surface area contributed by atoms with E-state index in [1.54, 1.807) is 37.6 Å². The maximum Gasteiger partial charge on any atom is 0.271 e. The third kappa shape index (κ3) is 4.31. The monoisotopic (exact) mass is 366 g/mol. The smallest absolute Gasteiger partial charge is 0.271 e. The van der Waals surface area contributed by atoms with Crippen LogP contribution >= 0.6 is 27.5 Å². The molecular formula is C15H12BrClN2O2. The Morgan fingerprint density at radius 2 is 2.00 bits per heavy atom. The lowest BCUT2D eigenvalue weighted by Crippen LogP contribution is -2.17. The first kappa shape index (κ1) is 15.5. The van der Waals surface area contributed by atoms with Gasteiger partial charge in [-0.2, -0.15) is 5.10 Å². The number of hydrogen-bond acceptors (Lipinski definition) is 3. The lowest BCUT2D eigenvalue weighted by Gasteiger charge is -2.03. The molecule has 4 nitrogen and oxygen atoms in total. The summed E-state index contributed by atoms with van der Waals surface area (Å²) in [6.07, 6.45) is 1.54. The molecule has 0 fully saturated rings. The van der Waals surface area contributed by atoms with Crippen LogP contribution < -0.4 is 10.2 Å². The quantitative estimate of drug-likeness (QED) is 0.659. The highest BCUT2D eigenvalue weighted by Crippen LogP contribution is 2.20. The molecule has 0 aliphatic heterocycles. The van der Waals surface area contributed by atoms with Gasteiger partial charge in [0.1, 0.15) is 5.75 Å². The first-order valence-electron chi connectivity index (χ1n) is 6.02. The van der Waals surface area contributed by atoms with E-state index in [0.717, 1.165) is 10.0 Å². The molecule has 0 saturated heterocycles. The molecule has 0 atom stereocenters. The van der Waals surface area contributed by atoms with Crippen LogP contribution in [0.15, 0.2) is 52.0 Å². The number of nitrogens with zero attached hydrogens (tertiary/aromatic N) is 1. The normalized spacial score (nSPS) is 10.6. The zero-order valence-electron chi connectivity index (χ0n) is 11.1. The van der Waals surface area contributed by atoms with E-state index in [9.17, 15) is 4.79 Å². The molecule has 2 rings (SSSR count). The van der Waals surface area contributed by atoms with Gasteiger partial charge in [-0.1, -0.05) is 27.5 Å². The van der Waals surface area contributed by atoms with E-state index < -0.39 is 0 Å². The molecule has 0 radical (unpaired) electrons. The number of hydrazone groups is 1. The van der Waals surface area contributed by atoms with E-state index in [0.29, 0.717) is 16.3 Å². The van der Waals surface area contributed by atoms with Gasteiger partial charge in [0.15, 0.2) is 0 Å². The second-order valence-corrected chi connectivity index (χ2v) is 5.38. The molecule has 0 saturated carbocycles. The molecule has 108 valence electrons. The van der Waals surface area contributed by atoms with Crippen molar-refractivity contribution in [3.05, 3.63) is 63.1 Å². The summed E-state index contributed by atoms with van der Waals surface area (Å²) >= 11 is 9.17. The van der Waals surface area contributed by atoms with Crippen LogP contribution in [0.1, 0.15) is 15.9 Å². The third-order valence-corrected chi connectivity index (χ3v) is 3.65. The highest BCUT2D eigenvalue weighted by atomic mass is 79.9. The molecule has 0 aliphatic carbocycles. The summed E-state index contributed by atoms with van der Waals surface area (Å²) in [6.45, 7) is 0. The van der Waals surface area contributed by atoms with Crippen molar-refractivity contribution in [2.75, 3.05) is 7.11 Å². The van der Waals surface area contributed by atoms with Crippen LogP contribution in [-0.2, 0) is 0 Å². The van der Waals surface area contributed by atoms with Crippen LogP contribution in [0.4, 0.5) is 0 Å². The largest absolute Gasteiger partial charge is 0.497 e. The van der Waals surface area contributed by atoms with Crippen molar-refractivity contribution < 1.29 is 9.53 Å². The van der Waals surface area contributed by atoms with E-state index in [-0.39, 0.29) is 5.91 Å². The second-order valence-electron chi connectivity index (χ2n) is 4.09. The summed E-state index contributed by atoms with van der Waals surface area (Å²) in [5.74, 6) is 0.408. The maximum absolute atomic E-state index is 11.8. The molecule has 1 N–H and O–H groups in total. The van der Waals surface area contributed by atoms with Crippen LogP contribution in [-0.4, -0.2) is 19.2 Å². The summed E-state index contributed by atoms with van der Waals surface area (Å²) < 4.78 is 5.99. The van der Waals surface area contributed by atoms with E-state index >= 15 is 0 Å². The van der Waals surface area contributed by atoms with Gasteiger partial charge in [-0.15, -0.1) is 0 Å². The minimum absolute atomic E-state index is 0.304.